The van der Waals surface area contributed by atoms with Gasteiger partial charge in [0.2, 0.25) is 11.8 Å². The zero-order valence-electron chi connectivity index (χ0n) is 18.0. The van der Waals surface area contributed by atoms with Crippen molar-refractivity contribution in [2.45, 2.75) is 43.8 Å². The summed E-state index contributed by atoms with van der Waals surface area (Å²) in [5.74, 6) is 0.116. The molecule has 0 unspecified atom stereocenters. The Morgan fingerprint density at radius 1 is 1.09 bits per heavy atom. The maximum absolute atomic E-state index is 12.9. The second-order valence-electron chi connectivity index (χ2n) is 8.52. The van der Waals surface area contributed by atoms with Gasteiger partial charge in [0.05, 0.1) is 11.0 Å². The van der Waals surface area contributed by atoms with Crippen molar-refractivity contribution in [1.29, 1.82) is 0 Å². The lowest BCUT2D eigenvalue weighted by atomic mass is 9.69. The molecule has 1 amide bonds. The molecule has 2 aliphatic rings. The highest BCUT2D eigenvalue weighted by molar-refractivity contribution is 6.07. The number of hydrogen-bond donors (Lipinski definition) is 2. The van der Waals surface area contributed by atoms with Gasteiger partial charge in [-0.3, -0.25) is 4.79 Å². The number of carboxylic acid groups (broad SMARTS) is 1. The van der Waals surface area contributed by atoms with Crippen LogP contribution in [0.4, 0.5) is 5.69 Å². The third-order valence-corrected chi connectivity index (χ3v) is 6.49. The number of anilines is 1. The zero-order chi connectivity index (χ0) is 22.8. The van der Waals surface area contributed by atoms with Gasteiger partial charge in [0.1, 0.15) is 18.5 Å². The Bertz CT molecular complexity index is 1190. The van der Waals surface area contributed by atoms with E-state index in [1.54, 1.807) is 30.5 Å². The standard InChI is InChI=1S/C26H24N2O5/c29-24(30)18-6-7-22-21(14-18)26(25(31)28-22)11-8-19(9-12-26)33-23-15-20(10-13-27-23)32-16-17-4-2-1-3-5-17/h1-7,10,13-15,19H,8-9,11-12,16H2,(H,28,31)(H,29,30). The normalized spacial score (nSPS) is 21.3. The Balaban J connectivity index is 1.24. The van der Waals surface area contributed by atoms with E-state index in [-0.39, 0.29) is 17.6 Å². The minimum absolute atomic E-state index is 0.0621. The molecule has 1 spiro atoms. The summed E-state index contributed by atoms with van der Waals surface area (Å²) in [6, 6.07) is 18.3. The maximum atomic E-state index is 12.9. The van der Waals surface area contributed by atoms with Crippen LogP contribution in [-0.2, 0) is 16.8 Å². The summed E-state index contributed by atoms with van der Waals surface area (Å²) in [6.07, 6.45) is 4.09. The molecule has 7 nitrogen and oxygen atoms in total. The molecule has 5 rings (SSSR count). The lowest BCUT2D eigenvalue weighted by molar-refractivity contribution is -0.122. The third-order valence-electron chi connectivity index (χ3n) is 6.49. The monoisotopic (exact) mass is 444 g/mol. The van der Waals surface area contributed by atoms with Crippen LogP contribution in [0.25, 0.3) is 0 Å². The van der Waals surface area contributed by atoms with E-state index in [1.165, 1.54) is 6.07 Å². The molecular weight excluding hydrogens is 420 g/mol. The number of carbonyl (C=O) groups excluding carboxylic acids is 1. The summed E-state index contributed by atoms with van der Waals surface area (Å²) in [4.78, 5) is 28.6. The SMILES string of the molecule is O=C(O)c1ccc2c(c1)C1(CCC(Oc3cc(OCc4ccccc4)ccn3)CC1)C(=O)N2. The number of benzene rings is 2. The second-order valence-corrected chi connectivity index (χ2v) is 8.52. The van der Waals surface area contributed by atoms with Gasteiger partial charge in [-0.05, 0) is 61.1 Å². The van der Waals surface area contributed by atoms with Crippen molar-refractivity contribution < 1.29 is 24.2 Å². The van der Waals surface area contributed by atoms with Crippen LogP contribution in [0.3, 0.4) is 0 Å². The highest BCUT2D eigenvalue weighted by atomic mass is 16.5. The van der Waals surface area contributed by atoms with Crippen LogP contribution in [0.2, 0.25) is 0 Å². The summed E-state index contributed by atoms with van der Waals surface area (Å²) in [5, 5.41) is 12.3. The average molecular weight is 444 g/mol. The minimum atomic E-state index is -0.996. The van der Waals surface area contributed by atoms with Gasteiger partial charge >= 0.3 is 5.97 Å². The van der Waals surface area contributed by atoms with Crippen molar-refractivity contribution in [3.8, 4) is 11.6 Å². The van der Waals surface area contributed by atoms with Crippen molar-refractivity contribution >= 4 is 17.6 Å². The molecule has 1 aliphatic heterocycles. The number of carbonyl (C=O) groups is 2. The van der Waals surface area contributed by atoms with Gasteiger partial charge < -0.3 is 19.9 Å². The molecule has 1 fully saturated rings. The highest BCUT2D eigenvalue weighted by Gasteiger charge is 2.49. The van der Waals surface area contributed by atoms with Crippen LogP contribution in [0.15, 0.2) is 66.9 Å². The van der Waals surface area contributed by atoms with Gasteiger partial charge in [0.25, 0.3) is 0 Å². The third kappa shape index (κ3) is 4.14. The van der Waals surface area contributed by atoms with E-state index in [0.29, 0.717) is 49.6 Å². The molecule has 0 atom stereocenters. The molecule has 0 bridgehead atoms. The predicted octanol–water partition coefficient (Wildman–Crippen LogP) is 4.57. The number of aromatic carboxylic acids is 1. The molecule has 1 aliphatic carbocycles. The van der Waals surface area contributed by atoms with E-state index in [4.69, 9.17) is 9.47 Å². The summed E-state index contributed by atoms with van der Waals surface area (Å²) >= 11 is 0. The first-order valence-electron chi connectivity index (χ1n) is 11.0. The second kappa shape index (κ2) is 8.58. The smallest absolute Gasteiger partial charge is 0.335 e. The molecule has 168 valence electrons. The molecule has 0 saturated heterocycles. The van der Waals surface area contributed by atoms with Crippen molar-refractivity contribution in [2.75, 3.05) is 5.32 Å². The minimum Gasteiger partial charge on any atom is -0.489 e. The van der Waals surface area contributed by atoms with Crippen LogP contribution in [0.1, 0.15) is 47.2 Å². The van der Waals surface area contributed by atoms with Crippen molar-refractivity contribution in [3.05, 3.63) is 83.6 Å². The van der Waals surface area contributed by atoms with Gasteiger partial charge in [0, 0.05) is 18.0 Å². The molecule has 3 aromatic rings. The number of amides is 1. The number of nitrogens with zero attached hydrogens (tertiary/aromatic N) is 1. The van der Waals surface area contributed by atoms with Crippen LogP contribution in [-0.4, -0.2) is 28.1 Å². The van der Waals surface area contributed by atoms with Crippen molar-refractivity contribution in [3.63, 3.8) is 0 Å². The number of nitrogens with one attached hydrogen (secondary N) is 1. The van der Waals surface area contributed by atoms with E-state index in [2.05, 4.69) is 10.3 Å². The topological polar surface area (TPSA) is 97.8 Å². The number of carboxylic acids is 1. The lowest BCUT2D eigenvalue weighted by Gasteiger charge is -2.35. The van der Waals surface area contributed by atoms with Crippen LogP contribution >= 0.6 is 0 Å². The fourth-order valence-electron chi connectivity index (χ4n) is 4.70. The molecule has 33 heavy (non-hydrogen) atoms. The number of fused-ring (bicyclic) bond motifs is 2. The maximum Gasteiger partial charge on any atom is 0.335 e. The first-order chi connectivity index (χ1) is 16.0. The first-order valence-corrected chi connectivity index (χ1v) is 11.0. The number of rotatable bonds is 6. The van der Waals surface area contributed by atoms with Crippen LogP contribution in [0.5, 0.6) is 11.6 Å². The molecule has 1 saturated carbocycles. The number of aromatic nitrogens is 1. The first kappa shape index (κ1) is 21.0. The molecule has 2 N–H and O–H groups in total. The molecule has 2 aromatic carbocycles. The molecule has 1 aromatic heterocycles. The van der Waals surface area contributed by atoms with Crippen LogP contribution in [0, 0.1) is 0 Å². The number of hydrogen-bond acceptors (Lipinski definition) is 5. The molecule has 7 heteroatoms. The fraction of sp³-hybridized carbons (Fsp3) is 0.269. The van der Waals surface area contributed by atoms with Gasteiger partial charge in [-0.15, -0.1) is 0 Å². The van der Waals surface area contributed by atoms with E-state index in [0.717, 1.165) is 11.1 Å². The Kier molecular flexibility index (Phi) is 5.46. The fourth-order valence-corrected chi connectivity index (χ4v) is 4.70. The van der Waals surface area contributed by atoms with Crippen LogP contribution < -0.4 is 14.8 Å². The largest absolute Gasteiger partial charge is 0.489 e. The highest BCUT2D eigenvalue weighted by Crippen LogP contribution is 2.48. The van der Waals surface area contributed by atoms with E-state index < -0.39 is 11.4 Å². The Morgan fingerprint density at radius 3 is 2.64 bits per heavy atom. The Morgan fingerprint density at radius 2 is 1.88 bits per heavy atom. The molecular formula is C26H24N2O5. The quantitative estimate of drug-likeness (QED) is 0.578. The summed E-state index contributed by atoms with van der Waals surface area (Å²) < 4.78 is 12.0. The van der Waals surface area contributed by atoms with E-state index >= 15 is 0 Å². The number of pyridine rings is 1. The zero-order valence-corrected chi connectivity index (χ0v) is 18.0. The van der Waals surface area contributed by atoms with E-state index in [1.807, 2.05) is 30.3 Å². The summed E-state index contributed by atoms with van der Waals surface area (Å²) in [5.41, 5.74) is 2.05. The molecule has 2 heterocycles. The Hall–Kier alpha value is -3.87. The summed E-state index contributed by atoms with van der Waals surface area (Å²) in [6.45, 7) is 0.461. The van der Waals surface area contributed by atoms with Gasteiger partial charge in [-0.25, -0.2) is 9.78 Å². The lowest BCUT2D eigenvalue weighted by Crippen LogP contribution is -2.41. The van der Waals surface area contributed by atoms with Gasteiger partial charge in [-0.2, -0.15) is 0 Å². The molecule has 0 radical (unpaired) electrons. The Labute approximate surface area is 191 Å². The van der Waals surface area contributed by atoms with Gasteiger partial charge in [-0.1, -0.05) is 30.3 Å². The predicted molar refractivity (Wildman–Crippen MR) is 122 cm³/mol. The average Bonchev–Trinajstić information content (AvgIpc) is 3.10. The van der Waals surface area contributed by atoms with Crippen molar-refractivity contribution in [2.24, 2.45) is 0 Å². The number of ether oxygens (including phenoxy) is 2. The van der Waals surface area contributed by atoms with Gasteiger partial charge in [0.15, 0.2) is 0 Å². The van der Waals surface area contributed by atoms with E-state index in [9.17, 15) is 14.7 Å². The van der Waals surface area contributed by atoms with Crippen molar-refractivity contribution in [1.82, 2.24) is 4.98 Å². The summed E-state index contributed by atoms with van der Waals surface area (Å²) in [7, 11) is 0.